The number of aryl methyl sites for hydroxylation is 1. The molecule has 0 atom stereocenters. The predicted molar refractivity (Wildman–Crippen MR) is 83.2 cm³/mol. The minimum Gasteiger partial charge on any atom is -0.494 e. The molecule has 1 aromatic carbocycles. The van der Waals surface area contributed by atoms with Crippen molar-refractivity contribution in [2.45, 2.75) is 18.4 Å². The maximum atomic E-state index is 10.7. The number of thioether (sulfide) groups is 1. The molecule has 0 radical (unpaired) electrons. The van der Waals surface area contributed by atoms with Gasteiger partial charge in [-0.25, -0.2) is 9.78 Å². The van der Waals surface area contributed by atoms with Crippen molar-refractivity contribution < 1.29 is 14.6 Å². The van der Waals surface area contributed by atoms with Crippen LogP contribution in [0.5, 0.6) is 5.75 Å². The molecular formula is C16H17NO3S. The van der Waals surface area contributed by atoms with Crippen LogP contribution < -0.4 is 4.74 Å². The molecule has 110 valence electrons. The summed E-state index contributed by atoms with van der Waals surface area (Å²) >= 11 is 1.60. The Morgan fingerprint density at radius 3 is 2.86 bits per heavy atom. The summed E-state index contributed by atoms with van der Waals surface area (Å²) < 4.78 is 5.66. The van der Waals surface area contributed by atoms with Gasteiger partial charge >= 0.3 is 5.97 Å². The maximum absolute atomic E-state index is 10.7. The Balaban J connectivity index is 1.69. The highest BCUT2D eigenvalue weighted by Crippen LogP contribution is 2.17. The molecule has 0 fully saturated rings. The van der Waals surface area contributed by atoms with Gasteiger partial charge in [-0.3, -0.25) is 0 Å². The Kier molecular flexibility index (Phi) is 5.63. The molecule has 1 aromatic heterocycles. The van der Waals surface area contributed by atoms with E-state index in [0.29, 0.717) is 6.61 Å². The van der Waals surface area contributed by atoms with E-state index < -0.39 is 5.97 Å². The normalized spacial score (nSPS) is 10.3. The van der Waals surface area contributed by atoms with Crippen molar-refractivity contribution in [1.29, 1.82) is 0 Å². The zero-order valence-corrected chi connectivity index (χ0v) is 12.6. The number of rotatable bonds is 7. The first-order chi connectivity index (χ1) is 10.1. The molecule has 0 aliphatic heterocycles. The van der Waals surface area contributed by atoms with E-state index in [4.69, 9.17) is 9.84 Å². The third-order valence-electron chi connectivity index (χ3n) is 2.78. The molecule has 1 N–H and O–H groups in total. The van der Waals surface area contributed by atoms with Crippen molar-refractivity contribution in [3.8, 4) is 5.75 Å². The largest absolute Gasteiger partial charge is 0.494 e. The van der Waals surface area contributed by atoms with Crippen molar-refractivity contribution >= 4 is 17.7 Å². The lowest BCUT2D eigenvalue weighted by atomic mass is 10.2. The third kappa shape index (κ3) is 5.11. The van der Waals surface area contributed by atoms with E-state index in [1.807, 2.05) is 31.2 Å². The topological polar surface area (TPSA) is 59.4 Å². The zero-order valence-electron chi connectivity index (χ0n) is 11.8. The first-order valence-electron chi connectivity index (χ1n) is 6.67. The van der Waals surface area contributed by atoms with Crippen LogP contribution >= 0.6 is 11.8 Å². The highest BCUT2D eigenvalue weighted by atomic mass is 32.2. The number of hydrogen-bond acceptors (Lipinski definition) is 4. The lowest BCUT2D eigenvalue weighted by Crippen LogP contribution is -1.99. The first-order valence-corrected chi connectivity index (χ1v) is 7.65. The quantitative estimate of drug-likeness (QED) is 0.625. The van der Waals surface area contributed by atoms with Crippen LogP contribution in [0.4, 0.5) is 0 Å². The van der Waals surface area contributed by atoms with Gasteiger partial charge in [0.2, 0.25) is 0 Å². The standard InChI is InChI=1S/C16H17NO3S/c1-12-4-2-5-14(10-12)20-8-3-9-21-15-7-6-13(11-17-15)16(18)19/h2,4-7,10-11H,3,8-9H2,1H3,(H,18,19). The van der Waals surface area contributed by atoms with E-state index >= 15 is 0 Å². The van der Waals surface area contributed by atoms with Gasteiger partial charge in [0.1, 0.15) is 5.75 Å². The third-order valence-corrected chi connectivity index (χ3v) is 3.81. The summed E-state index contributed by atoms with van der Waals surface area (Å²) in [4.78, 5) is 14.8. The van der Waals surface area contributed by atoms with E-state index in [2.05, 4.69) is 4.98 Å². The lowest BCUT2D eigenvalue weighted by Gasteiger charge is -2.06. The van der Waals surface area contributed by atoms with Crippen molar-refractivity contribution in [1.82, 2.24) is 4.98 Å². The van der Waals surface area contributed by atoms with Gasteiger partial charge in [-0.1, -0.05) is 12.1 Å². The Morgan fingerprint density at radius 1 is 1.33 bits per heavy atom. The van der Waals surface area contributed by atoms with Gasteiger partial charge in [0, 0.05) is 11.9 Å². The summed E-state index contributed by atoms with van der Waals surface area (Å²) in [6.07, 6.45) is 2.29. The molecule has 0 aliphatic rings. The van der Waals surface area contributed by atoms with Crippen molar-refractivity contribution in [2.24, 2.45) is 0 Å². The maximum Gasteiger partial charge on any atom is 0.337 e. The van der Waals surface area contributed by atoms with Crippen LogP contribution in [-0.2, 0) is 0 Å². The molecular weight excluding hydrogens is 286 g/mol. The van der Waals surface area contributed by atoms with Crippen LogP contribution in [0.1, 0.15) is 22.3 Å². The van der Waals surface area contributed by atoms with Crippen LogP contribution in [0.15, 0.2) is 47.6 Å². The number of benzene rings is 1. The minimum absolute atomic E-state index is 0.210. The second-order valence-electron chi connectivity index (χ2n) is 4.56. The van der Waals surface area contributed by atoms with E-state index in [1.165, 1.54) is 11.8 Å². The number of ether oxygens (including phenoxy) is 1. The summed E-state index contributed by atoms with van der Waals surface area (Å²) in [6, 6.07) is 11.3. The summed E-state index contributed by atoms with van der Waals surface area (Å²) in [5, 5.41) is 9.62. The lowest BCUT2D eigenvalue weighted by molar-refractivity contribution is 0.0696. The fraction of sp³-hybridized carbons (Fsp3) is 0.250. The number of aromatic carboxylic acids is 1. The van der Waals surface area contributed by atoms with Crippen LogP contribution in [0.25, 0.3) is 0 Å². The highest BCUT2D eigenvalue weighted by molar-refractivity contribution is 7.99. The number of carboxylic acids is 1. The summed E-state index contributed by atoms with van der Waals surface area (Å²) in [6.45, 7) is 2.69. The Bertz CT molecular complexity index is 599. The molecule has 5 heteroatoms. The minimum atomic E-state index is -0.953. The van der Waals surface area contributed by atoms with Crippen molar-refractivity contribution in [3.63, 3.8) is 0 Å². The van der Waals surface area contributed by atoms with Crippen LogP contribution in [0.3, 0.4) is 0 Å². The van der Waals surface area contributed by atoms with Crippen LogP contribution in [0, 0.1) is 6.92 Å². The second-order valence-corrected chi connectivity index (χ2v) is 5.67. The molecule has 0 amide bonds. The fourth-order valence-electron chi connectivity index (χ4n) is 1.72. The SMILES string of the molecule is Cc1cccc(OCCCSc2ccc(C(=O)O)cn2)c1. The predicted octanol–water partition coefficient (Wildman–Crippen LogP) is 3.65. The van der Waals surface area contributed by atoms with Crippen LogP contribution in [-0.4, -0.2) is 28.4 Å². The van der Waals surface area contributed by atoms with E-state index in [0.717, 1.165) is 22.9 Å². The average Bonchev–Trinajstić information content (AvgIpc) is 2.47. The molecule has 0 aliphatic carbocycles. The molecule has 0 unspecified atom stereocenters. The van der Waals surface area contributed by atoms with Gasteiger partial charge in [0.15, 0.2) is 0 Å². The Hall–Kier alpha value is -2.01. The molecule has 21 heavy (non-hydrogen) atoms. The Morgan fingerprint density at radius 2 is 2.19 bits per heavy atom. The number of pyridine rings is 1. The van der Waals surface area contributed by atoms with Gasteiger partial charge in [0.25, 0.3) is 0 Å². The Labute approximate surface area is 128 Å². The molecule has 0 spiro atoms. The highest BCUT2D eigenvalue weighted by Gasteiger charge is 2.03. The summed E-state index contributed by atoms with van der Waals surface area (Å²) in [5.41, 5.74) is 1.40. The smallest absolute Gasteiger partial charge is 0.337 e. The van der Waals surface area contributed by atoms with E-state index in [1.54, 1.807) is 23.9 Å². The number of carboxylic acid groups (broad SMARTS) is 1. The number of aromatic nitrogens is 1. The first kappa shape index (κ1) is 15.4. The van der Waals surface area contributed by atoms with Gasteiger partial charge < -0.3 is 9.84 Å². The molecule has 0 saturated heterocycles. The molecule has 1 heterocycles. The number of hydrogen-bond donors (Lipinski definition) is 1. The van der Waals surface area contributed by atoms with Gasteiger partial charge in [-0.15, -0.1) is 11.8 Å². The summed E-state index contributed by atoms with van der Waals surface area (Å²) in [5.74, 6) is 0.820. The monoisotopic (exact) mass is 303 g/mol. The van der Waals surface area contributed by atoms with Crippen LogP contribution in [0.2, 0.25) is 0 Å². The molecule has 0 bridgehead atoms. The van der Waals surface area contributed by atoms with Crippen molar-refractivity contribution in [3.05, 3.63) is 53.7 Å². The number of carbonyl (C=O) groups is 1. The van der Waals surface area contributed by atoms with Gasteiger partial charge in [-0.05, 0) is 43.2 Å². The summed E-state index contributed by atoms with van der Waals surface area (Å²) in [7, 11) is 0. The van der Waals surface area contributed by atoms with Crippen molar-refractivity contribution in [2.75, 3.05) is 12.4 Å². The van der Waals surface area contributed by atoms with E-state index in [-0.39, 0.29) is 5.56 Å². The molecule has 0 saturated carbocycles. The zero-order chi connectivity index (χ0) is 15.1. The fourth-order valence-corrected chi connectivity index (χ4v) is 2.49. The molecule has 2 rings (SSSR count). The molecule has 2 aromatic rings. The number of nitrogens with zero attached hydrogens (tertiary/aromatic N) is 1. The average molecular weight is 303 g/mol. The van der Waals surface area contributed by atoms with Gasteiger partial charge in [-0.2, -0.15) is 0 Å². The van der Waals surface area contributed by atoms with E-state index in [9.17, 15) is 4.79 Å². The molecule has 4 nitrogen and oxygen atoms in total. The second kappa shape index (κ2) is 7.69. The van der Waals surface area contributed by atoms with Gasteiger partial charge in [0.05, 0.1) is 17.2 Å².